The highest BCUT2D eigenvalue weighted by molar-refractivity contribution is 7.71. The summed E-state index contributed by atoms with van der Waals surface area (Å²) in [4.78, 5) is 15.5. The van der Waals surface area contributed by atoms with E-state index in [-0.39, 0.29) is 18.5 Å². The van der Waals surface area contributed by atoms with Crippen molar-refractivity contribution in [3.8, 4) is 11.4 Å². The fourth-order valence-electron chi connectivity index (χ4n) is 4.39. The zero-order chi connectivity index (χ0) is 21.1. The van der Waals surface area contributed by atoms with E-state index < -0.39 is 0 Å². The van der Waals surface area contributed by atoms with Crippen molar-refractivity contribution in [3.63, 3.8) is 0 Å². The summed E-state index contributed by atoms with van der Waals surface area (Å²) >= 11 is 5.46. The second kappa shape index (κ2) is 8.96. The minimum absolute atomic E-state index is 0.104. The highest BCUT2D eigenvalue weighted by Gasteiger charge is 2.28. The van der Waals surface area contributed by atoms with Crippen molar-refractivity contribution in [2.75, 3.05) is 6.54 Å². The Morgan fingerprint density at radius 1 is 1.23 bits per heavy atom. The minimum atomic E-state index is 0.104. The average Bonchev–Trinajstić information content (AvgIpc) is 3.11. The molecule has 1 amide bonds. The van der Waals surface area contributed by atoms with Crippen LogP contribution in [0.25, 0.3) is 11.4 Å². The number of amides is 1. The first-order valence-electron chi connectivity index (χ1n) is 10.6. The lowest BCUT2D eigenvalue weighted by atomic mass is 9.87. The monoisotopic (exact) mass is 420 g/mol. The van der Waals surface area contributed by atoms with Crippen molar-refractivity contribution >= 4 is 18.1 Å². The van der Waals surface area contributed by atoms with Gasteiger partial charge in [-0.05, 0) is 62.0 Å². The minimum Gasteiger partial charge on any atom is -0.338 e. The van der Waals surface area contributed by atoms with Gasteiger partial charge in [0.25, 0.3) is 0 Å². The number of H-pyrrole nitrogens is 1. The second-order valence-electron chi connectivity index (χ2n) is 8.06. The van der Waals surface area contributed by atoms with E-state index in [2.05, 4.69) is 52.4 Å². The van der Waals surface area contributed by atoms with Crippen LogP contribution in [0.15, 0.2) is 48.5 Å². The first kappa shape index (κ1) is 20.5. The molecule has 0 aliphatic heterocycles. The van der Waals surface area contributed by atoms with Crippen molar-refractivity contribution in [3.05, 3.63) is 70.0 Å². The van der Waals surface area contributed by atoms with Crippen LogP contribution in [-0.4, -0.2) is 38.2 Å². The number of fused-ring (bicyclic) bond motifs is 1. The maximum Gasteiger partial charge on any atom is 0.242 e. The van der Waals surface area contributed by atoms with Crippen molar-refractivity contribution in [1.82, 2.24) is 19.7 Å². The predicted molar refractivity (Wildman–Crippen MR) is 122 cm³/mol. The van der Waals surface area contributed by atoms with E-state index in [0.29, 0.717) is 10.6 Å². The van der Waals surface area contributed by atoms with Crippen molar-refractivity contribution in [2.24, 2.45) is 0 Å². The van der Waals surface area contributed by atoms with Gasteiger partial charge < -0.3 is 4.90 Å². The lowest BCUT2D eigenvalue weighted by Gasteiger charge is -2.35. The Kier molecular flexibility index (Phi) is 6.13. The van der Waals surface area contributed by atoms with E-state index in [1.807, 2.05) is 29.7 Å². The molecule has 1 aromatic heterocycles. The number of carbonyl (C=O) groups excluding carboxylic acids is 1. The zero-order valence-electron chi connectivity index (χ0n) is 17.6. The number of nitrogens with one attached hydrogen (secondary N) is 1. The van der Waals surface area contributed by atoms with Gasteiger partial charge in [0.1, 0.15) is 6.54 Å². The first-order valence-corrected chi connectivity index (χ1v) is 11.1. The topological polar surface area (TPSA) is 53.9 Å². The molecule has 1 atom stereocenters. The van der Waals surface area contributed by atoms with Gasteiger partial charge in [0.2, 0.25) is 5.91 Å². The Morgan fingerprint density at radius 2 is 2.03 bits per heavy atom. The van der Waals surface area contributed by atoms with Crippen LogP contribution in [0.1, 0.15) is 36.5 Å². The summed E-state index contributed by atoms with van der Waals surface area (Å²) < 4.78 is 2.30. The van der Waals surface area contributed by atoms with Crippen molar-refractivity contribution in [2.45, 2.75) is 52.1 Å². The average molecular weight is 421 g/mol. The van der Waals surface area contributed by atoms with Gasteiger partial charge in [-0.15, -0.1) is 0 Å². The maximum atomic E-state index is 13.4. The van der Waals surface area contributed by atoms with Gasteiger partial charge in [-0.25, -0.2) is 0 Å². The van der Waals surface area contributed by atoms with Crippen LogP contribution in [0.4, 0.5) is 0 Å². The molecule has 6 heteroatoms. The molecule has 0 saturated heterocycles. The van der Waals surface area contributed by atoms with E-state index in [1.54, 1.807) is 0 Å². The molecule has 2 aromatic carbocycles. The van der Waals surface area contributed by atoms with Gasteiger partial charge in [-0.1, -0.05) is 55.0 Å². The van der Waals surface area contributed by atoms with E-state index in [0.717, 1.165) is 43.4 Å². The lowest BCUT2D eigenvalue weighted by Crippen LogP contribution is -2.45. The van der Waals surface area contributed by atoms with Crippen LogP contribution in [0.2, 0.25) is 0 Å². The summed E-state index contributed by atoms with van der Waals surface area (Å²) in [5.74, 6) is 0.815. The summed E-state index contributed by atoms with van der Waals surface area (Å²) in [6, 6.07) is 16.9. The third-order valence-electron chi connectivity index (χ3n) is 5.87. The lowest BCUT2D eigenvalue weighted by molar-refractivity contribution is -0.134. The first-order chi connectivity index (χ1) is 14.6. The van der Waals surface area contributed by atoms with Gasteiger partial charge in [-0.3, -0.25) is 14.5 Å². The van der Waals surface area contributed by atoms with Gasteiger partial charge in [-0.2, -0.15) is 5.10 Å². The number of benzene rings is 2. The number of aromatic amines is 1. The number of rotatable bonds is 6. The Labute approximate surface area is 182 Å². The third-order valence-corrected chi connectivity index (χ3v) is 6.19. The highest BCUT2D eigenvalue weighted by Crippen LogP contribution is 2.25. The van der Waals surface area contributed by atoms with Gasteiger partial charge in [0, 0.05) is 18.2 Å². The third kappa shape index (κ3) is 4.24. The number of aromatic nitrogens is 3. The highest BCUT2D eigenvalue weighted by atomic mass is 32.1. The van der Waals surface area contributed by atoms with E-state index in [1.165, 1.54) is 11.1 Å². The molecule has 3 aromatic rings. The fraction of sp³-hybridized carbons (Fsp3) is 0.375. The molecule has 4 rings (SSSR count). The van der Waals surface area contributed by atoms with Crippen LogP contribution >= 0.6 is 12.2 Å². The normalized spacial score (nSPS) is 15.6. The molecule has 5 nitrogen and oxygen atoms in total. The predicted octanol–water partition coefficient (Wildman–Crippen LogP) is 4.71. The fourth-order valence-corrected chi connectivity index (χ4v) is 4.59. The van der Waals surface area contributed by atoms with Crippen molar-refractivity contribution < 1.29 is 4.79 Å². The smallest absolute Gasteiger partial charge is 0.242 e. The Morgan fingerprint density at radius 3 is 2.80 bits per heavy atom. The van der Waals surface area contributed by atoms with Gasteiger partial charge >= 0.3 is 0 Å². The molecule has 1 unspecified atom stereocenters. The number of hydrogen-bond donors (Lipinski definition) is 1. The number of aryl methyl sites for hydroxylation is 2. The summed E-state index contributed by atoms with van der Waals surface area (Å²) in [6.07, 6.45) is 3.88. The Hall–Kier alpha value is -2.73. The molecule has 30 heavy (non-hydrogen) atoms. The Balaban J connectivity index is 1.58. The molecule has 0 saturated carbocycles. The van der Waals surface area contributed by atoms with E-state index >= 15 is 0 Å². The van der Waals surface area contributed by atoms with Gasteiger partial charge in [0.15, 0.2) is 10.6 Å². The Bertz CT molecular complexity index is 1100. The molecule has 1 N–H and O–H groups in total. The molecule has 1 aliphatic carbocycles. The summed E-state index contributed by atoms with van der Waals surface area (Å²) in [5, 5.41) is 7.27. The van der Waals surface area contributed by atoms with E-state index in [4.69, 9.17) is 12.2 Å². The zero-order valence-corrected chi connectivity index (χ0v) is 18.4. The molecular formula is C24H28N4OS. The molecule has 1 heterocycles. The molecule has 0 radical (unpaired) electrons. The van der Waals surface area contributed by atoms with Gasteiger partial charge in [0.05, 0.1) is 0 Å². The largest absolute Gasteiger partial charge is 0.338 e. The van der Waals surface area contributed by atoms with Crippen LogP contribution < -0.4 is 0 Å². The van der Waals surface area contributed by atoms with Crippen LogP contribution in [0.5, 0.6) is 0 Å². The molecule has 0 spiro atoms. The molecule has 0 bridgehead atoms. The SMILES string of the molecule is CCCN(C(=O)Cn1c(-c2cccc(C)c2)n[nH]c1=S)C1CCc2ccccc2C1. The van der Waals surface area contributed by atoms with E-state index in [9.17, 15) is 4.79 Å². The number of carbonyl (C=O) groups is 1. The van der Waals surface area contributed by atoms with Crippen LogP contribution in [0, 0.1) is 11.7 Å². The summed E-state index contributed by atoms with van der Waals surface area (Å²) in [5.41, 5.74) is 4.89. The summed E-state index contributed by atoms with van der Waals surface area (Å²) in [6.45, 7) is 5.14. The number of nitrogens with zero attached hydrogens (tertiary/aromatic N) is 3. The molecule has 0 fully saturated rings. The van der Waals surface area contributed by atoms with Crippen molar-refractivity contribution in [1.29, 1.82) is 0 Å². The van der Waals surface area contributed by atoms with Crippen LogP contribution in [-0.2, 0) is 24.2 Å². The molecule has 156 valence electrons. The maximum absolute atomic E-state index is 13.4. The summed E-state index contributed by atoms with van der Waals surface area (Å²) in [7, 11) is 0. The second-order valence-corrected chi connectivity index (χ2v) is 8.45. The standard InChI is InChI=1S/C24H28N4OS/c1-3-13-27(21-12-11-18-8-4-5-9-19(18)15-21)22(29)16-28-23(25-26-24(28)30)20-10-6-7-17(2)14-20/h4-10,14,21H,3,11-13,15-16H2,1-2H3,(H,26,30). The molecular weight excluding hydrogens is 392 g/mol. The number of hydrogen-bond acceptors (Lipinski definition) is 3. The van der Waals surface area contributed by atoms with Crippen LogP contribution in [0.3, 0.4) is 0 Å². The molecule has 1 aliphatic rings. The quantitative estimate of drug-likeness (QED) is 0.588.